The van der Waals surface area contributed by atoms with Crippen LogP contribution in [0, 0.1) is 0 Å². The largest absolute Gasteiger partial charge is 0.352 e. The number of hydrogen-bond donors (Lipinski definition) is 2. The summed E-state index contributed by atoms with van der Waals surface area (Å²) >= 11 is 0. The molecule has 5 heteroatoms. The Hall–Kier alpha value is -1.65. The Balaban J connectivity index is 2.31. The summed E-state index contributed by atoms with van der Waals surface area (Å²) in [5.74, 6) is 0. The molecule has 0 aliphatic carbocycles. The van der Waals surface area contributed by atoms with Crippen LogP contribution in [-0.4, -0.2) is 24.8 Å². The molecule has 0 aromatic heterocycles. The van der Waals surface area contributed by atoms with E-state index in [4.69, 9.17) is 0 Å². The molecule has 5 nitrogen and oxygen atoms in total. The van der Waals surface area contributed by atoms with Crippen LogP contribution in [0.25, 0.3) is 0 Å². The first kappa shape index (κ1) is 6.09. The van der Waals surface area contributed by atoms with Gasteiger partial charge < -0.3 is 10.6 Å². The van der Waals surface area contributed by atoms with E-state index in [1.54, 1.807) is 6.20 Å². The number of aliphatic imine (C=N–C) groups is 2. The van der Waals surface area contributed by atoms with Gasteiger partial charge in [0.15, 0.2) is 0 Å². The lowest BCUT2D eigenvalue weighted by atomic mass is 10.2. The maximum atomic E-state index is 10.7. The second kappa shape index (κ2) is 2.19. The third kappa shape index (κ3) is 1.000. The molecule has 1 unspecified atom stereocenters. The highest BCUT2D eigenvalue weighted by Gasteiger charge is 2.19. The summed E-state index contributed by atoms with van der Waals surface area (Å²) in [6, 6.07) is -0.324. The molecule has 2 rings (SSSR count). The molecule has 2 N–H and O–H groups in total. The summed E-state index contributed by atoms with van der Waals surface area (Å²) in [5.41, 5.74) is 0.868. The summed E-state index contributed by atoms with van der Waals surface area (Å²) in [6.07, 6.45) is 4.54. The maximum Gasteiger partial charge on any atom is 0.342 e. The first-order chi connectivity index (χ1) is 5.36. The molecule has 0 radical (unpaired) electrons. The molecule has 11 heavy (non-hydrogen) atoms. The van der Waals surface area contributed by atoms with Gasteiger partial charge in [-0.15, -0.1) is 0 Å². The van der Waals surface area contributed by atoms with Gasteiger partial charge in [-0.3, -0.25) is 0 Å². The van der Waals surface area contributed by atoms with Crippen molar-refractivity contribution in [3.8, 4) is 0 Å². The van der Waals surface area contributed by atoms with Crippen molar-refractivity contribution in [2.24, 2.45) is 9.98 Å². The van der Waals surface area contributed by atoms with Gasteiger partial charge in [-0.1, -0.05) is 0 Å². The monoisotopic (exact) mass is 150 g/mol. The van der Waals surface area contributed by atoms with Gasteiger partial charge in [-0.25, -0.2) is 14.8 Å². The van der Waals surface area contributed by atoms with E-state index in [1.807, 2.05) is 0 Å². The Bertz CT molecular complexity index is 278. The number of carbonyl (C=O) groups excluding carboxylic acids is 1. The Morgan fingerprint density at radius 2 is 2.45 bits per heavy atom. The predicted octanol–water partition coefficient (Wildman–Crippen LogP) is -0.378. The molecule has 56 valence electrons. The zero-order chi connectivity index (χ0) is 7.68. The van der Waals surface area contributed by atoms with Crippen LogP contribution >= 0.6 is 0 Å². The summed E-state index contributed by atoms with van der Waals surface area (Å²) in [7, 11) is 0. The van der Waals surface area contributed by atoms with E-state index in [1.165, 1.54) is 12.6 Å². The fourth-order valence-corrected chi connectivity index (χ4v) is 0.938. The van der Waals surface area contributed by atoms with E-state index in [0.717, 1.165) is 5.57 Å². The highest BCUT2D eigenvalue weighted by atomic mass is 16.2. The van der Waals surface area contributed by atoms with Gasteiger partial charge in [0.1, 0.15) is 6.17 Å². The topological polar surface area (TPSA) is 65.8 Å². The van der Waals surface area contributed by atoms with Crippen LogP contribution in [0.2, 0.25) is 0 Å². The molecule has 2 heterocycles. The number of urea groups is 1. The molecule has 0 spiro atoms. The van der Waals surface area contributed by atoms with Crippen LogP contribution in [0.1, 0.15) is 0 Å². The van der Waals surface area contributed by atoms with E-state index in [9.17, 15) is 4.79 Å². The van der Waals surface area contributed by atoms with Crippen LogP contribution in [0.4, 0.5) is 4.79 Å². The number of fused-ring (bicyclic) bond motifs is 1. The average molecular weight is 150 g/mol. The summed E-state index contributed by atoms with van der Waals surface area (Å²) in [5, 5.41) is 5.48. The number of amides is 2. The van der Waals surface area contributed by atoms with Crippen LogP contribution in [0.5, 0.6) is 0 Å². The minimum absolute atomic E-state index is 0.155. The highest BCUT2D eigenvalue weighted by molar-refractivity contribution is 5.96. The van der Waals surface area contributed by atoms with E-state index in [0.29, 0.717) is 0 Å². The van der Waals surface area contributed by atoms with Crippen molar-refractivity contribution in [2.45, 2.75) is 6.17 Å². The van der Waals surface area contributed by atoms with Crippen molar-refractivity contribution in [3.63, 3.8) is 0 Å². The van der Waals surface area contributed by atoms with Crippen molar-refractivity contribution in [3.05, 3.63) is 11.8 Å². The zero-order valence-corrected chi connectivity index (χ0v) is 5.61. The molecule has 1 atom stereocenters. The quantitative estimate of drug-likeness (QED) is 0.494. The molecule has 0 bridgehead atoms. The third-order valence-corrected chi connectivity index (χ3v) is 1.47. The Morgan fingerprint density at radius 1 is 1.55 bits per heavy atom. The maximum absolute atomic E-state index is 10.7. The molecule has 0 saturated carbocycles. The fourth-order valence-electron chi connectivity index (χ4n) is 0.938. The number of rotatable bonds is 0. The predicted molar refractivity (Wildman–Crippen MR) is 40.5 cm³/mol. The average Bonchev–Trinajstić information content (AvgIpc) is 2.04. The van der Waals surface area contributed by atoms with Gasteiger partial charge >= 0.3 is 6.03 Å². The van der Waals surface area contributed by atoms with Crippen LogP contribution in [0.15, 0.2) is 21.8 Å². The minimum Gasteiger partial charge on any atom is -0.352 e. The fraction of sp³-hybridized carbons (Fsp3) is 0.167. The molecule has 2 aliphatic rings. The van der Waals surface area contributed by atoms with E-state index in [-0.39, 0.29) is 12.2 Å². The molecule has 0 saturated heterocycles. The Kier molecular flexibility index (Phi) is 1.21. The lowest BCUT2D eigenvalue weighted by molar-refractivity contribution is 0.245. The minimum atomic E-state index is -0.324. The SMILES string of the molecule is O=C1N=CC2=CN=CNC2N1. The van der Waals surface area contributed by atoms with Crippen LogP contribution < -0.4 is 10.6 Å². The molecular weight excluding hydrogens is 144 g/mol. The Morgan fingerprint density at radius 3 is 3.36 bits per heavy atom. The summed E-state index contributed by atoms with van der Waals surface area (Å²) in [4.78, 5) is 18.1. The molecule has 2 aliphatic heterocycles. The van der Waals surface area contributed by atoms with E-state index < -0.39 is 0 Å². The number of hydrogen-bond acceptors (Lipinski definition) is 3. The van der Waals surface area contributed by atoms with Crippen LogP contribution in [0.3, 0.4) is 0 Å². The van der Waals surface area contributed by atoms with Gasteiger partial charge in [-0.2, -0.15) is 0 Å². The summed E-state index contributed by atoms with van der Waals surface area (Å²) < 4.78 is 0. The first-order valence-electron chi connectivity index (χ1n) is 3.18. The second-order valence-corrected chi connectivity index (χ2v) is 2.21. The normalized spacial score (nSPS) is 26.7. The van der Waals surface area contributed by atoms with Gasteiger partial charge in [-0.05, 0) is 0 Å². The van der Waals surface area contributed by atoms with Crippen LogP contribution in [-0.2, 0) is 0 Å². The van der Waals surface area contributed by atoms with Gasteiger partial charge in [0, 0.05) is 18.0 Å². The van der Waals surface area contributed by atoms with Gasteiger partial charge in [0.2, 0.25) is 0 Å². The lowest BCUT2D eigenvalue weighted by Crippen LogP contribution is -2.49. The lowest BCUT2D eigenvalue weighted by Gasteiger charge is -2.22. The van der Waals surface area contributed by atoms with Crippen molar-refractivity contribution in [2.75, 3.05) is 0 Å². The number of carbonyl (C=O) groups is 1. The smallest absolute Gasteiger partial charge is 0.342 e. The number of nitrogens with zero attached hydrogens (tertiary/aromatic N) is 2. The molecule has 0 fully saturated rings. The second-order valence-electron chi connectivity index (χ2n) is 2.21. The van der Waals surface area contributed by atoms with Crippen molar-refractivity contribution in [1.29, 1.82) is 0 Å². The Labute approximate surface area is 62.9 Å². The van der Waals surface area contributed by atoms with Gasteiger partial charge in [0.05, 0.1) is 6.34 Å². The van der Waals surface area contributed by atoms with Crippen molar-refractivity contribution < 1.29 is 4.79 Å². The molecular formula is C6H6N4O. The third-order valence-electron chi connectivity index (χ3n) is 1.47. The highest BCUT2D eigenvalue weighted by Crippen LogP contribution is 2.04. The first-order valence-corrected chi connectivity index (χ1v) is 3.18. The molecule has 2 amide bonds. The van der Waals surface area contributed by atoms with Gasteiger partial charge in [0.25, 0.3) is 0 Å². The summed E-state index contributed by atoms with van der Waals surface area (Å²) in [6.45, 7) is 0. The molecule has 0 aromatic rings. The van der Waals surface area contributed by atoms with E-state index >= 15 is 0 Å². The molecule has 0 aromatic carbocycles. The number of nitrogens with one attached hydrogen (secondary N) is 2. The van der Waals surface area contributed by atoms with Crippen molar-refractivity contribution in [1.82, 2.24) is 10.6 Å². The standard InChI is InChI=1S/C6H6N4O/c11-6-8-2-4-1-7-3-9-5(4)10-6/h1-3,5H,(H,7,9)(H,10,11). The van der Waals surface area contributed by atoms with Crippen molar-refractivity contribution >= 4 is 18.6 Å². The van der Waals surface area contributed by atoms with E-state index in [2.05, 4.69) is 20.6 Å². The zero-order valence-electron chi connectivity index (χ0n) is 5.61.